The van der Waals surface area contributed by atoms with Crippen LogP contribution in [0.3, 0.4) is 0 Å². The quantitative estimate of drug-likeness (QED) is 0.832. The largest absolute Gasteiger partial charge is 0.492 e. The van der Waals surface area contributed by atoms with Gasteiger partial charge in [-0.15, -0.1) is 0 Å². The molecular formula is C17H28N2O. The summed E-state index contributed by atoms with van der Waals surface area (Å²) in [5.74, 6) is 1.91. The maximum atomic E-state index is 5.80. The van der Waals surface area contributed by atoms with Crippen molar-refractivity contribution in [3.63, 3.8) is 0 Å². The molecule has 2 N–H and O–H groups in total. The second-order valence-electron chi connectivity index (χ2n) is 5.77. The van der Waals surface area contributed by atoms with E-state index in [1.54, 1.807) is 0 Å². The highest BCUT2D eigenvalue weighted by Gasteiger charge is 2.17. The van der Waals surface area contributed by atoms with Crippen molar-refractivity contribution in [2.75, 3.05) is 26.2 Å². The van der Waals surface area contributed by atoms with Gasteiger partial charge in [0.05, 0.1) is 0 Å². The standard InChI is InChI=1S/C17H28N2O/c1-2-3-15-8-10-19(11-9-15)12-13-20-17-6-4-16(14-18)5-7-17/h4-7,15H,2-3,8-14,18H2,1H3. The topological polar surface area (TPSA) is 38.5 Å². The van der Waals surface area contributed by atoms with Crippen molar-refractivity contribution in [3.05, 3.63) is 29.8 Å². The third kappa shape index (κ3) is 4.80. The monoisotopic (exact) mass is 276 g/mol. The van der Waals surface area contributed by atoms with Crippen LogP contribution in [0.1, 0.15) is 38.2 Å². The highest BCUT2D eigenvalue weighted by atomic mass is 16.5. The van der Waals surface area contributed by atoms with E-state index in [4.69, 9.17) is 10.5 Å². The van der Waals surface area contributed by atoms with Gasteiger partial charge in [-0.05, 0) is 49.5 Å². The van der Waals surface area contributed by atoms with Gasteiger partial charge in [0.2, 0.25) is 0 Å². The van der Waals surface area contributed by atoms with E-state index in [2.05, 4.69) is 11.8 Å². The summed E-state index contributed by atoms with van der Waals surface area (Å²) in [4.78, 5) is 2.53. The molecule has 1 heterocycles. The van der Waals surface area contributed by atoms with Gasteiger partial charge in [0.25, 0.3) is 0 Å². The molecule has 0 spiro atoms. The number of likely N-dealkylation sites (tertiary alicyclic amines) is 1. The normalized spacial score (nSPS) is 17.3. The Morgan fingerprint density at radius 1 is 1.20 bits per heavy atom. The molecule has 2 rings (SSSR count). The van der Waals surface area contributed by atoms with Gasteiger partial charge >= 0.3 is 0 Å². The van der Waals surface area contributed by atoms with Gasteiger partial charge in [-0.2, -0.15) is 0 Å². The molecule has 0 bridgehead atoms. The first-order chi connectivity index (χ1) is 9.81. The van der Waals surface area contributed by atoms with E-state index in [1.807, 2.05) is 24.3 Å². The Morgan fingerprint density at radius 2 is 1.90 bits per heavy atom. The van der Waals surface area contributed by atoms with Crippen molar-refractivity contribution in [3.8, 4) is 5.75 Å². The lowest BCUT2D eigenvalue weighted by Crippen LogP contribution is -2.36. The summed E-state index contributed by atoms with van der Waals surface area (Å²) in [5.41, 5.74) is 6.73. The molecule has 0 aromatic heterocycles. The molecule has 3 heteroatoms. The first-order valence-corrected chi connectivity index (χ1v) is 7.96. The van der Waals surface area contributed by atoms with Crippen molar-refractivity contribution < 1.29 is 4.74 Å². The Kier molecular flexibility index (Phi) is 6.34. The zero-order valence-corrected chi connectivity index (χ0v) is 12.7. The predicted molar refractivity (Wildman–Crippen MR) is 83.9 cm³/mol. The SMILES string of the molecule is CCCC1CCN(CCOc2ccc(CN)cc2)CC1. The summed E-state index contributed by atoms with van der Waals surface area (Å²) in [7, 11) is 0. The molecule has 1 aromatic rings. The predicted octanol–water partition coefficient (Wildman–Crippen LogP) is 3.04. The number of hydrogen-bond donors (Lipinski definition) is 1. The Balaban J connectivity index is 1.63. The molecule has 1 aromatic carbocycles. The highest BCUT2D eigenvalue weighted by molar-refractivity contribution is 5.27. The molecule has 1 fully saturated rings. The van der Waals surface area contributed by atoms with Crippen molar-refractivity contribution in [1.29, 1.82) is 0 Å². The smallest absolute Gasteiger partial charge is 0.119 e. The van der Waals surface area contributed by atoms with Crippen molar-refractivity contribution in [2.45, 2.75) is 39.2 Å². The molecule has 0 unspecified atom stereocenters. The van der Waals surface area contributed by atoms with Crippen molar-refractivity contribution in [1.82, 2.24) is 4.90 Å². The lowest BCUT2D eigenvalue weighted by Gasteiger charge is -2.31. The Bertz CT molecular complexity index is 369. The van der Waals surface area contributed by atoms with E-state index in [0.717, 1.165) is 30.4 Å². The van der Waals surface area contributed by atoms with Gasteiger partial charge in [0.15, 0.2) is 0 Å². The minimum Gasteiger partial charge on any atom is -0.492 e. The number of benzene rings is 1. The second kappa shape index (κ2) is 8.28. The fraction of sp³-hybridized carbons (Fsp3) is 0.647. The lowest BCUT2D eigenvalue weighted by atomic mass is 9.92. The van der Waals surface area contributed by atoms with Gasteiger partial charge < -0.3 is 10.5 Å². The van der Waals surface area contributed by atoms with Gasteiger partial charge in [0, 0.05) is 13.1 Å². The average Bonchev–Trinajstić information content (AvgIpc) is 2.50. The summed E-state index contributed by atoms with van der Waals surface area (Å²) in [6.45, 7) is 7.17. The van der Waals surface area contributed by atoms with E-state index < -0.39 is 0 Å². The molecule has 3 nitrogen and oxygen atoms in total. The number of nitrogens with two attached hydrogens (primary N) is 1. The lowest BCUT2D eigenvalue weighted by molar-refractivity contribution is 0.151. The number of rotatable bonds is 7. The molecule has 0 radical (unpaired) electrons. The number of hydrogen-bond acceptors (Lipinski definition) is 3. The van der Waals surface area contributed by atoms with Gasteiger partial charge in [-0.1, -0.05) is 31.9 Å². The molecule has 0 amide bonds. The minimum atomic E-state index is 0.590. The van der Waals surface area contributed by atoms with Crippen LogP contribution >= 0.6 is 0 Å². The summed E-state index contributed by atoms with van der Waals surface area (Å²) in [5, 5.41) is 0. The number of piperidine rings is 1. The molecule has 1 saturated heterocycles. The van der Waals surface area contributed by atoms with Crippen molar-refractivity contribution in [2.24, 2.45) is 11.7 Å². The van der Waals surface area contributed by atoms with E-state index in [-0.39, 0.29) is 0 Å². The second-order valence-corrected chi connectivity index (χ2v) is 5.77. The first kappa shape index (κ1) is 15.3. The molecule has 1 aliphatic heterocycles. The van der Waals surface area contributed by atoms with Crippen molar-refractivity contribution >= 4 is 0 Å². The maximum absolute atomic E-state index is 5.80. The summed E-state index contributed by atoms with van der Waals surface area (Å²) >= 11 is 0. The van der Waals surface area contributed by atoms with Gasteiger partial charge in [0.1, 0.15) is 12.4 Å². The molecular weight excluding hydrogens is 248 g/mol. The molecule has 112 valence electrons. The summed E-state index contributed by atoms with van der Waals surface area (Å²) in [6, 6.07) is 8.09. The number of ether oxygens (including phenoxy) is 1. The molecule has 0 atom stereocenters. The average molecular weight is 276 g/mol. The van der Waals surface area contributed by atoms with Crippen LogP contribution in [-0.2, 0) is 6.54 Å². The Labute approximate surface area is 123 Å². The third-order valence-corrected chi connectivity index (χ3v) is 4.24. The van der Waals surface area contributed by atoms with Crippen LogP contribution in [0.15, 0.2) is 24.3 Å². The molecule has 20 heavy (non-hydrogen) atoms. The van der Waals surface area contributed by atoms with Crippen LogP contribution < -0.4 is 10.5 Å². The van der Waals surface area contributed by atoms with E-state index >= 15 is 0 Å². The van der Waals surface area contributed by atoms with Gasteiger partial charge in [-0.3, -0.25) is 4.90 Å². The van der Waals surface area contributed by atoms with Crippen LogP contribution in [0.4, 0.5) is 0 Å². The molecule has 0 aliphatic carbocycles. The third-order valence-electron chi connectivity index (χ3n) is 4.24. The van der Waals surface area contributed by atoms with Gasteiger partial charge in [-0.25, -0.2) is 0 Å². The first-order valence-electron chi connectivity index (χ1n) is 7.96. The molecule has 1 aliphatic rings. The van der Waals surface area contributed by atoms with Crippen LogP contribution in [-0.4, -0.2) is 31.1 Å². The van der Waals surface area contributed by atoms with Crippen LogP contribution in [0, 0.1) is 5.92 Å². The summed E-state index contributed by atoms with van der Waals surface area (Å²) < 4.78 is 5.80. The highest BCUT2D eigenvalue weighted by Crippen LogP contribution is 2.21. The number of nitrogens with zero attached hydrogens (tertiary/aromatic N) is 1. The Morgan fingerprint density at radius 3 is 2.50 bits per heavy atom. The van der Waals surface area contributed by atoms with E-state index in [1.165, 1.54) is 38.8 Å². The molecule has 0 saturated carbocycles. The fourth-order valence-corrected chi connectivity index (χ4v) is 2.92. The fourth-order valence-electron chi connectivity index (χ4n) is 2.92. The summed E-state index contributed by atoms with van der Waals surface area (Å²) in [6.07, 6.45) is 5.45. The van der Waals surface area contributed by atoms with Crippen LogP contribution in [0.25, 0.3) is 0 Å². The maximum Gasteiger partial charge on any atom is 0.119 e. The Hall–Kier alpha value is -1.06. The van der Waals surface area contributed by atoms with E-state index in [9.17, 15) is 0 Å². The zero-order valence-electron chi connectivity index (χ0n) is 12.7. The van der Waals surface area contributed by atoms with Crippen LogP contribution in [0.5, 0.6) is 5.75 Å². The van der Waals surface area contributed by atoms with E-state index in [0.29, 0.717) is 6.54 Å². The minimum absolute atomic E-state index is 0.590. The van der Waals surface area contributed by atoms with Crippen LogP contribution in [0.2, 0.25) is 0 Å². The zero-order chi connectivity index (χ0) is 14.2.